The number of benzene rings is 2. The summed E-state index contributed by atoms with van der Waals surface area (Å²) in [6.07, 6.45) is 1.50. The second-order valence-electron chi connectivity index (χ2n) is 8.13. The van der Waals surface area contributed by atoms with E-state index in [1.165, 1.54) is 0 Å². The van der Waals surface area contributed by atoms with Crippen molar-refractivity contribution in [2.75, 3.05) is 6.54 Å². The Kier molecular flexibility index (Phi) is 6.45. The second kappa shape index (κ2) is 8.85. The van der Waals surface area contributed by atoms with E-state index < -0.39 is 24.4 Å². The molecule has 0 atom stereocenters. The van der Waals surface area contributed by atoms with Crippen molar-refractivity contribution in [3.63, 3.8) is 0 Å². The van der Waals surface area contributed by atoms with E-state index in [9.17, 15) is 4.79 Å². The van der Waals surface area contributed by atoms with E-state index in [4.69, 9.17) is 14.0 Å². The molecule has 2 aromatic rings. The molecule has 29 heavy (non-hydrogen) atoms. The van der Waals surface area contributed by atoms with E-state index in [0.29, 0.717) is 0 Å². The predicted molar refractivity (Wildman–Crippen MR) is 115 cm³/mol. The number of rotatable bonds is 6. The van der Waals surface area contributed by atoms with Gasteiger partial charge in [0.2, 0.25) is 0 Å². The molecule has 1 saturated heterocycles. The van der Waals surface area contributed by atoms with E-state index in [1.807, 2.05) is 94.4 Å². The SMILES string of the molecule is CC1(C)OB(C(=Cc2ccccc2)CNC(=O)OCc2ccccc2)OC1(C)C. The summed E-state index contributed by atoms with van der Waals surface area (Å²) in [6, 6.07) is 19.5. The van der Waals surface area contributed by atoms with Crippen LogP contribution in [-0.4, -0.2) is 31.0 Å². The summed E-state index contributed by atoms with van der Waals surface area (Å²) in [5.41, 5.74) is 1.86. The third-order valence-electron chi connectivity index (χ3n) is 5.36. The average molecular weight is 393 g/mol. The molecule has 0 aromatic heterocycles. The van der Waals surface area contributed by atoms with Crippen LogP contribution in [0.1, 0.15) is 38.8 Å². The van der Waals surface area contributed by atoms with Crippen LogP contribution in [-0.2, 0) is 20.7 Å². The smallest absolute Gasteiger partial charge is 0.445 e. The molecule has 0 radical (unpaired) electrons. The molecule has 3 rings (SSSR count). The lowest BCUT2D eigenvalue weighted by Crippen LogP contribution is -2.41. The minimum absolute atomic E-state index is 0.223. The number of ether oxygens (including phenoxy) is 1. The highest BCUT2D eigenvalue weighted by atomic mass is 16.7. The summed E-state index contributed by atoms with van der Waals surface area (Å²) < 4.78 is 17.7. The van der Waals surface area contributed by atoms with Crippen LogP contribution in [0.3, 0.4) is 0 Å². The van der Waals surface area contributed by atoms with E-state index in [2.05, 4.69) is 5.32 Å². The van der Waals surface area contributed by atoms with Crippen molar-refractivity contribution in [3.8, 4) is 0 Å². The first-order valence-electron chi connectivity index (χ1n) is 9.82. The fraction of sp³-hybridized carbons (Fsp3) is 0.348. The van der Waals surface area contributed by atoms with Crippen molar-refractivity contribution < 1.29 is 18.8 Å². The first-order valence-corrected chi connectivity index (χ1v) is 9.82. The summed E-state index contributed by atoms with van der Waals surface area (Å²) in [4.78, 5) is 12.2. The Labute approximate surface area is 173 Å². The summed E-state index contributed by atoms with van der Waals surface area (Å²) in [5.74, 6) is 0. The molecule has 2 aromatic carbocycles. The molecule has 0 saturated carbocycles. The monoisotopic (exact) mass is 393 g/mol. The molecule has 1 amide bonds. The third-order valence-corrected chi connectivity index (χ3v) is 5.36. The van der Waals surface area contributed by atoms with Gasteiger partial charge in [-0.25, -0.2) is 4.79 Å². The van der Waals surface area contributed by atoms with Crippen LogP contribution in [0.25, 0.3) is 6.08 Å². The second-order valence-corrected chi connectivity index (χ2v) is 8.13. The van der Waals surface area contributed by atoms with Crippen LogP contribution < -0.4 is 5.32 Å². The number of hydrogen-bond donors (Lipinski definition) is 1. The Hall–Kier alpha value is -2.57. The molecule has 0 bridgehead atoms. The van der Waals surface area contributed by atoms with Gasteiger partial charge in [-0.1, -0.05) is 66.7 Å². The van der Waals surface area contributed by atoms with Gasteiger partial charge in [-0.15, -0.1) is 0 Å². The lowest BCUT2D eigenvalue weighted by molar-refractivity contribution is 0.00578. The first kappa shape index (κ1) is 21.2. The van der Waals surface area contributed by atoms with Crippen LogP contribution in [0.4, 0.5) is 4.79 Å². The van der Waals surface area contributed by atoms with Crippen molar-refractivity contribution in [3.05, 3.63) is 77.3 Å². The van der Waals surface area contributed by atoms with Crippen molar-refractivity contribution in [2.45, 2.75) is 45.5 Å². The Morgan fingerprint density at radius 3 is 2.10 bits per heavy atom. The Bertz CT molecular complexity index is 834. The van der Waals surface area contributed by atoms with Crippen molar-refractivity contribution >= 4 is 19.3 Å². The molecule has 6 heteroatoms. The molecule has 0 aliphatic carbocycles. The Morgan fingerprint density at radius 1 is 0.966 bits per heavy atom. The van der Waals surface area contributed by atoms with Gasteiger partial charge >= 0.3 is 13.2 Å². The maximum Gasteiger partial charge on any atom is 0.492 e. The lowest BCUT2D eigenvalue weighted by atomic mass is 9.77. The molecule has 0 unspecified atom stereocenters. The normalized spacial score (nSPS) is 17.8. The molecule has 1 aliphatic heterocycles. The van der Waals surface area contributed by atoms with Crippen LogP contribution in [0.15, 0.2) is 66.1 Å². The molecule has 1 N–H and O–H groups in total. The van der Waals surface area contributed by atoms with Crippen molar-refractivity contribution in [2.24, 2.45) is 0 Å². The highest BCUT2D eigenvalue weighted by molar-refractivity contribution is 6.56. The molecular weight excluding hydrogens is 365 g/mol. The van der Waals surface area contributed by atoms with Crippen molar-refractivity contribution in [1.29, 1.82) is 0 Å². The highest BCUT2D eigenvalue weighted by Crippen LogP contribution is 2.38. The zero-order valence-electron chi connectivity index (χ0n) is 17.5. The Balaban J connectivity index is 1.68. The fourth-order valence-electron chi connectivity index (χ4n) is 2.91. The highest BCUT2D eigenvalue weighted by Gasteiger charge is 2.52. The fourth-order valence-corrected chi connectivity index (χ4v) is 2.91. The number of hydrogen-bond acceptors (Lipinski definition) is 4. The molecule has 1 fully saturated rings. The van der Waals surface area contributed by atoms with Gasteiger partial charge in [0.1, 0.15) is 6.61 Å². The van der Waals surface area contributed by atoms with Gasteiger partial charge in [-0.2, -0.15) is 0 Å². The van der Waals surface area contributed by atoms with E-state index >= 15 is 0 Å². The van der Waals surface area contributed by atoms with Crippen LogP contribution in [0.5, 0.6) is 0 Å². The largest absolute Gasteiger partial charge is 0.492 e. The summed E-state index contributed by atoms with van der Waals surface area (Å²) >= 11 is 0. The average Bonchev–Trinajstić information content (AvgIpc) is 2.92. The van der Waals surface area contributed by atoms with Gasteiger partial charge in [0.15, 0.2) is 0 Å². The number of amides is 1. The number of nitrogens with one attached hydrogen (secondary N) is 1. The first-order chi connectivity index (χ1) is 13.8. The van der Waals surface area contributed by atoms with E-state index in [1.54, 1.807) is 0 Å². The molecule has 1 aliphatic rings. The van der Waals surface area contributed by atoms with Crippen LogP contribution >= 0.6 is 0 Å². The van der Waals surface area contributed by atoms with Gasteiger partial charge in [-0.3, -0.25) is 0 Å². The summed E-state index contributed by atoms with van der Waals surface area (Å²) in [5, 5.41) is 2.82. The minimum Gasteiger partial charge on any atom is -0.445 e. The molecule has 152 valence electrons. The number of alkyl carbamates (subject to hydrolysis) is 1. The van der Waals surface area contributed by atoms with Gasteiger partial charge in [0.25, 0.3) is 0 Å². The van der Waals surface area contributed by atoms with E-state index in [0.717, 1.165) is 16.6 Å². The summed E-state index contributed by atoms with van der Waals surface area (Å²) in [6.45, 7) is 8.52. The molecule has 0 spiro atoms. The Morgan fingerprint density at radius 2 is 1.52 bits per heavy atom. The predicted octanol–water partition coefficient (Wildman–Crippen LogP) is 4.63. The maximum absolute atomic E-state index is 12.2. The van der Waals surface area contributed by atoms with Gasteiger partial charge < -0.3 is 19.4 Å². The number of carbonyl (C=O) groups excluding carboxylic acids is 1. The zero-order valence-corrected chi connectivity index (χ0v) is 17.5. The quantitative estimate of drug-likeness (QED) is 0.728. The number of carbonyl (C=O) groups is 1. The van der Waals surface area contributed by atoms with Crippen molar-refractivity contribution in [1.82, 2.24) is 5.32 Å². The zero-order chi connectivity index (χ0) is 20.9. The maximum atomic E-state index is 12.2. The molecule has 5 nitrogen and oxygen atoms in total. The van der Waals surface area contributed by atoms with Crippen LogP contribution in [0, 0.1) is 0 Å². The van der Waals surface area contributed by atoms with Gasteiger partial charge in [0, 0.05) is 6.54 Å². The third kappa shape index (κ3) is 5.49. The van der Waals surface area contributed by atoms with Gasteiger partial charge in [0.05, 0.1) is 11.2 Å². The van der Waals surface area contributed by atoms with Gasteiger partial charge in [-0.05, 0) is 44.3 Å². The topological polar surface area (TPSA) is 56.8 Å². The minimum atomic E-state index is -0.547. The standard InChI is InChI=1S/C23H28BNO4/c1-22(2)23(3,4)29-24(28-22)20(15-18-11-7-5-8-12-18)16-25-21(26)27-17-19-13-9-6-10-14-19/h5-15H,16-17H2,1-4H3,(H,25,26). The molecule has 1 heterocycles. The van der Waals surface area contributed by atoms with Crippen LogP contribution in [0.2, 0.25) is 0 Å². The lowest BCUT2D eigenvalue weighted by Gasteiger charge is -2.32. The van der Waals surface area contributed by atoms with E-state index in [-0.39, 0.29) is 13.2 Å². The summed E-state index contributed by atoms with van der Waals surface area (Å²) in [7, 11) is -0.547. The molecular formula is C23H28BNO4.